The summed E-state index contributed by atoms with van der Waals surface area (Å²) >= 11 is 0. The highest BCUT2D eigenvalue weighted by Gasteiger charge is 2.15. The van der Waals surface area contributed by atoms with Crippen molar-refractivity contribution in [1.29, 1.82) is 0 Å². The largest absolute Gasteiger partial charge is 0.372 e. The Bertz CT molecular complexity index is 116. The van der Waals surface area contributed by atoms with Crippen molar-refractivity contribution >= 4 is 0 Å². The fourth-order valence-corrected chi connectivity index (χ4v) is 1.33. The summed E-state index contributed by atoms with van der Waals surface area (Å²) < 4.78 is 0. The summed E-state index contributed by atoms with van der Waals surface area (Å²) in [5, 5.41) is 0. The third kappa shape index (κ3) is 1.26. The van der Waals surface area contributed by atoms with Gasteiger partial charge in [0.05, 0.1) is 0 Å². The maximum absolute atomic E-state index is 2.39. The van der Waals surface area contributed by atoms with E-state index in [1.165, 1.54) is 6.42 Å². The first kappa shape index (κ1) is 6.66. The van der Waals surface area contributed by atoms with Gasteiger partial charge in [0.1, 0.15) is 0 Å². The molecule has 0 radical (unpaired) electrons. The van der Waals surface area contributed by atoms with E-state index in [1.807, 2.05) is 0 Å². The molecule has 1 unspecified atom stereocenters. The lowest BCUT2D eigenvalue weighted by Crippen LogP contribution is -2.30. The summed E-state index contributed by atoms with van der Waals surface area (Å²) in [7, 11) is 0. The average Bonchev–Trinajstić information content (AvgIpc) is 2.13. The van der Waals surface area contributed by atoms with E-state index in [1.54, 1.807) is 0 Å². The van der Waals surface area contributed by atoms with E-state index < -0.39 is 0 Å². The Hall–Kier alpha value is -0.460. The standard InChI is InChI=1S/C8H15N/c1-7(2)9-6-4-5-8(9)3/h4,6-8H,5H2,1-3H3. The summed E-state index contributed by atoms with van der Waals surface area (Å²) in [6, 6.07) is 1.39. The van der Waals surface area contributed by atoms with Crippen LogP contribution in [0.15, 0.2) is 12.3 Å². The van der Waals surface area contributed by atoms with Crippen LogP contribution in [0.4, 0.5) is 0 Å². The Morgan fingerprint density at radius 1 is 1.56 bits per heavy atom. The molecule has 1 nitrogen and oxygen atoms in total. The third-order valence-corrected chi connectivity index (χ3v) is 1.86. The van der Waals surface area contributed by atoms with Gasteiger partial charge in [-0.25, -0.2) is 0 Å². The van der Waals surface area contributed by atoms with Crippen LogP contribution in [0.2, 0.25) is 0 Å². The van der Waals surface area contributed by atoms with Crippen LogP contribution in [0.3, 0.4) is 0 Å². The molecule has 0 saturated carbocycles. The molecule has 9 heavy (non-hydrogen) atoms. The molecule has 1 aliphatic heterocycles. The Morgan fingerprint density at radius 3 is 2.44 bits per heavy atom. The predicted molar refractivity (Wildman–Crippen MR) is 40.2 cm³/mol. The lowest BCUT2D eigenvalue weighted by Gasteiger charge is -2.26. The van der Waals surface area contributed by atoms with Crippen molar-refractivity contribution in [2.75, 3.05) is 0 Å². The zero-order valence-corrected chi connectivity index (χ0v) is 6.46. The normalized spacial score (nSPS) is 26.2. The molecule has 0 aromatic heterocycles. The number of hydrogen-bond donors (Lipinski definition) is 0. The number of nitrogens with zero attached hydrogens (tertiary/aromatic N) is 1. The summed E-state index contributed by atoms with van der Waals surface area (Å²) in [4.78, 5) is 2.39. The van der Waals surface area contributed by atoms with Gasteiger partial charge in [-0.05, 0) is 33.4 Å². The first-order valence-corrected chi connectivity index (χ1v) is 3.66. The van der Waals surface area contributed by atoms with Crippen molar-refractivity contribution in [1.82, 2.24) is 4.90 Å². The quantitative estimate of drug-likeness (QED) is 0.518. The van der Waals surface area contributed by atoms with E-state index in [-0.39, 0.29) is 0 Å². The minimum absolute atomic E-state index is 0.666. The molecule has 0 fully saturated rings. The summed E-state index contributed by atoms with van der Waals surface area (Å²) in [5.74, 6) is 0. The molecule has 0 aromatic rings. The minimum atomic E-state index is 0.666. The monoisotopic (exact) mass is 125 g/mol. The van der Waals surface area contributed by atoms with Crippen molar-refractivity contribution in [2.45, 2.75) is 39.3 Å². The molecule has 1 rings (SSSR count). The zero-order chi connectivity index (χ0) is 6.85. The molecule has 0 amide bonds. The third-order valence-electron chi connectivity index (χ3n) is 1.86. The molecule has 0 aromatic carbocycles. The molecular formula is C8H15N. The van der Waals surface area contributed by atoms with Crippen LogP contribution in [-0.4, -0.2) is 17.0 Å². The predicted octanol–water partition coefficient (Wildman–Crippen LogP) is 2.00. The Morgan fingerprint density at radius 2 is 2.22 bits per heavy atom. The SMILES string of the molecule is CC(C)N1C=CCC1C. The van der Waals surface area contributed by atoms with Gasteiger partial charge >= 0.3 is 0 Å². The van der Waals surface area contributed by atoms with E-state index in [9.17, 15) is 0 Å². The van der Waals surface area contributed by atoms with E-state index >= 15 is 0 Å². The van der Waals surface area contributed by atoms with Crippen molar-refractivity contribution in [3.63, 3.8) is 0 Å². The maximum atomic E-state index is 2.39. The van der Waals surface area contributed by atoms with Crippen LogP contribution < -0.4 is 0 Å². The van der Waals surface area contributed by atoms with E-state index in [4.69, 9.17) is 0 Å². The topological polar surface area (TPSA) is 3.24 Å². The fraction of sp³-hybridized carbons (Fsp3) is 0.750. The zero-order valence-electron chi connectivity index (χ0n) is 6.46. The molecule has 1 heteroatoms. The highest BCUT2D eigenvalue weighted by molar-refractivity contribution is 4.97. The molecule has 1 atom stereocenters. The Kier molecular flexibility index (Phi) is 1.79. The highest BCUT2D eigenvalue weighted by atomic mass is 15.2. The van der Waals surface area contributed by atoms with Crippen LogP contribution in [0.5, 0.6) is 0 Å². The molecule has 0 aliphatic carbocycles. The smallest absolute Gasteiger partial charge is 0.0293 e. The van der Waals surface area contributed by atoms with Crippen LogP contribution in [0, 0.1) is 0 Å². The molecule has 52 valence electrons. The molecular weight excluding hydrogens is 110 g/mol. The van der Waals surface area contributed by atoms with Crippen LogP contribution >= 0.6 is 0 Å². The molecule has 0 bridgehead atoms. The van der Waals surface area contributed by atoms with Gasteiger partial charge in [-0.3, -0.25) is 0 Å². The molecule has 0 spiro atoms. The Balaban J connectivity index is 2.49. The second-order valence-corrected chi connectivity index (χ2v) is 3.01. The fourth-order valence-electron chi connectivity index (χ4n) is 1.33. The maximum Gasteiger partial charge on any atom is 0.0293 e. The van der Waals surface area contributed by atoms with Gasteiger partial charge in [0.25, 0.3) is 0 Å². The van der Waals surface area contributed by atoms with Crippen LogP contribution in [0.25, 0.3) is 0 Å². The molecule has 1 heterocycles. The van der Waals surface area contributed by atoms with Crippen molar-refractivity contribution in [3.05, 3.63) is 12.3 Å². The van der Waals surface area contributed by atoms with Gasteiger partial charge in [-0.1, -0.05) is 6.08 Å². The minimum Gasteiger partial charge on any atom is -0.372 e. The first-order valence-electron chi connectivity index (χ1n) is 3.66. The van der Waals surface area contributed by atoms with Crippen molar-refractivity contribution in [3.8, 4) is 0 Å². The van der Waals surface area contributed by atoms with Crippen LogP contribution in [-0.2, 0) is 0 Å². The lowest BCUT2D eigenvalue weighted by molar-refractivity contribution is 0.263. The summed E-state index contributed by atoms with van der Waals surface area (Å²) in [5.41, 5.74) is 0. The molecule has 0 N–H and O–H groups in total. The van der Waals surface area contributed by atoms with Gasteiger partial charge in [-0.15, -0.1) is 0 Å². The van der Waals surface area contributed by atoms with Gasteiger partial charge in [0, 0.05) is 12.1 Å². The number of hydrogen-bond acceptors (Lipinski definition) is 1. The van der Waals surface area contributed by atoms with Crippen molar-refractivity contribution in [2.24, 2.45) is 0 Å². The van der Waals surface area contributed by atoms with E-state index in [2.05, 4.69) is 37.9 Å². The van der Waals surface area contributed by atoms with E-state index in [0.29, 0.717) is 6.04 Å². The highest BCUT2D eigenvalue weighted by Crippen LogP contribution is 2.15. The van der Waals surface area contributed by atoms with Gasteiger partial charge in [-0.2, -0.15) is 0 Å². The molecule has 1 aliphatic rings. The summed E-state index contributed by atoms with van der Waals surface area (Å²) in [6.45, 7) is 6.72. The molecule has 0 saturated heterocycles. The average molecular weight is 125 g/mol. The van der Waals surface area contributed by atoms with Gasteiger partial charge in [0.2, 0.25) is 0 Å². The second kappa shape index (κ2) is 2.42. The van der Waals surface area contributed by atoms with Crippen molar-refractivity contribution < 1.29 is 0 Å². The second-order valence-electron chi connectivity index (χ2n) is 3.01. The van der Waals surface area contributed by atoms with Gasteiger partial charge in [0.15, 0.2) is 0 Å². The van der Waals surface area contributed by atoms with E-state index in [0.717, 1.165) is 6.04 Å². The number of rotatable bonds is 1. The summed E-state index contributed by atoms with van der Waals surface area (Å²) in [6.07, 6.45) is 5.66. The first-order chi connectivity index (χ1) is 4.22. The Labute approximate surface area is 57.4 Å². The van der Waals surface area contributed by atoms with Crippen LogP contribution in [0.1, 0.15) is 27.2 Å². The lowest BCUT2D eigenvalue weighted by atomic mass is 10.2. The van der Waals surface area contributed by atoms with Gasteiger partial charge < -0.3 is 4.90 Å².